The number of amides is 3. The van der Waals surface area contributed by atoms with Crippen LogP contribution in [0, 0.1) is 17.6 Å². The number of rotatable bonds is 6. The van der Waals surface area contributed by atoms with E-state index >= 15 is 0 Å². The quantitative estimate of drug-likeness (QED) is 0.481. The lowest BCUT2D eigenvalue weighted by atomic mass is 10.0. The van der Waals surface area contributed by atoms with Crippen molar-refractivity contribution in [2.45, 2.75) is 32.5 Å². The molecule has 1 aliphatic rings. The van der Waals surface area contributed by atoms with Crippen LogP contribution in [-0.2, 0) is 0 Å². The molecule has 0 saturated carbocycles. The number of hydrogen-bond donors (Lipinski definition) is 2. The lowest BCUT2D eigenvalue weighted by Gasteiger charge is -2.23. The van der Waals surface area contributed by atoms with Gasteiger partial charge in [-0.25, -0.2) is 23.5 Å². The van der Waals surface area contributed by atoms with E-state index in [0.29, 0.717) is 18.8 Å². The standard InChI is InChI=1S/C23H21F5N6O3/c1-11(2)7-16(23(26,27)28)31-21(36)14-10-34(20-15(25)8-12(24)9-30-20)19-13(18(14)35)3-4-17(32-19)33-6-5-29-22(33)37/h3-4,8-11,16H,5-7H2,1-2H3,(H,29,37)(H,31,36)/t16-/m0/s1. The summed E-state index contributed by atoms with van der Waals surface area (Å²) in [6, 6.07) is 0.332. The van der Waals surface area contributed by atoms with Gasteiger partial charge in [0.05, 0.1) is 11.6 Å². The minimum Gasteiger partial charge on any atom is -0.340 e. The number of alkyl halides is 3. The molecule has 1 saturated heterocycles. The fourth-order valence-electron chi connectivity index (χ4n) is 3.92. The van der Waals surface area contributed by atoms with Crippen molar-refractivity contribution in [2.24, 2.45) is 5.92 Å². The average Bonchev–Trinajstić information content (AvgIpc) is 3.24. The summed E-state index contributed by atoms with van der Waals surface area (Å²) in [5.41, 5.74) is -1.95. The number of halogens is 5. The Kier molecular flexibility index (Phi) is 6.84. The molecule has 1 fully saturated rings. The molecule has 0 radical (unpaired) electrons. The Bertz CT molecular complexity index is 1440. The van der Waals surface area contributed by atoms with Gasteiger partial charge in [-0.1, -0.05) is 13.8 Å². The van der Waals surface area contributed by atoms with Crippen LogP contribution in [-0.4, -0.2) is 51.8 Å². The van der Waals surface area contributed by atoms with Crippen LogP contribution in [0.15, 0.2) is 35.4 Å². The van der Waals surface area contributed by atoms with Crippen LogP contribution in [0.25, 0.3) is 16.9 Å². The molecule has 0 spiro atoms. The van der Waals surface area contributed by atoms with Gasteiger partial charge in [-0.2, -0.15) is 13.2 Å². The number of hydrogen-bond acceptors (Lipinski definition) is 5. The second kappa shape index (κ2) is 9.75. The second-order valence-corrected chi connectivity index (χ2v) is 8.82. The molecule has 0 aliphatic carbocycles. The van der Waals surface area contributed by atoms with Gasteiger partial charge in [-0.3, -0.25) is 19.1 Å². The lowest BCUT2D eigenvalue weighted by Crippen LogP contribution is -2.47. The fourth-order valence-corrected chi connectivity index (χ4v) is 3.92. The first kappa shape index (κ1) is 26.0. The van der Waals surface area contributed by atoms with Gasteiger partial charge in [0.2, 0.25) is 5.43 Å². The van der Waals surface area contributed by atoms with Crippen molar-refractivity contribution < 1.29 is 31.5 Å². The highest BCUT2D eigenvalue weighted by molar-refractivity contribution is 5.98. The summed E-state index contributed by atoms with van der Waals surface area (Å²) >= 11 is 0. The maximum atomic E-state index is 14.7. The van der Waals surface area contributed by atoms with Crippen LogP contribution in [0.1, 0.15) is 30.6 Å². The number of aromatic nitrogens is 3. The Morgan fingerprint density at radius 1 is 1.22 bits per heavy atom. The third kappa shape index (κ3) is 5.22. The van der Waals surface area contributed by atoms with Gasteiger partial charge in [0.1, 0.15) is 23.2 Å². The largest absolute Gasteiger partial charge is 0.408 e. The van der Waals surface area contributed by atoms with E-state index in [1.54, 1.807) is 13.8 Å². The second-order valence-electron chi connectivity index (χ2n) is 8.82. The molecule has 0 unspecified atom stereocenters. The molecule has 2 N–H and O–H groups in total. The van der Waals surface area contributed by atoms with E-state index in [1.165, 1.54) is 17.0 Å². The van der Waals surface area contributed by atoms with Gasteiger partial charge >= 0.3 is 12.2 Å². The molecule has 1 aliphatic heterocycles. The van der Waals surface area contributed by atoms with Gasteiger partial charge in [-0.05, 0) is 24.5 Å². The summed E-state index contributed by atoms with van der Waals surface area (Å²) < 4.78 is 69.7. The zero-order chi connectivity index (χ0) is 27.1. The topological polar surface area (TPSA) is 109 Å². The third-order valence-electron chi connectivity index (χ3n) is 5.64. The van der Waals surface area contributed by atoms with Crippen molar-refractivity contribution in [3.8, 4) is 5.82 Å². The molecule has 0 bridgehead atoms. The van der Waals surface area contributed by atoms with Crippen molar-refractivity contribution in [3.05, 3.63) is 58.0 Å². The van der Waals surface area contributed by atoms with Gasteiger partial charge < -0.3 is 10.6 Å². The van der Waals surface area contributed by atoms with Gasteiger partial charge in [0.25, 0.3) is 5.91 Å². The van der Waals surface area contributed by atoms with Crippen LogP contribution in [0.5, 0.6) is 0 Å². The summed E-state index contributed by atoms with van der Waals surface area (Å²) in [4.78, 5) is 47.4. The van der Waals surface area contributed by atoms with E-state index < -0.39 is 64.9 Å². The maximum Gasteiger partial charge on any atom is 0.408 e. The highest BCUT2D eigenvalue weighted by Gasteiger charge is 2.41. The Labute approximate surface area is 206 Å². The SMILES string of the molecule is CC(C)C[C@H](NC(=O)c1cn(-c2ncc(F)cc2F)c2nc(N3CCNC3=O)ccc2c1=O)C(F)(F)F. The molecule has 0 aromatic carbocycles. The third-order valence-corrected chi connectivity index (χ3v) is 5.64. The van der Waals surface area contributed by atoms with Crippen LogP contribution in [0.3, 0.4) is 0 Å². The highest BCUT2D eigenvalue weighted by atomic mass is 19.4. The van der Waals surface area contributed by atoms with E-state index in [4.69, 9.17) is 0 Å². The Morgan fingerprint density at radius 2 is 1.95 bits per heavy atom. The number of carbonyl (C=O) groups excluding carboxylic acids is 2. The van der Waals surface area contributed by atoms with E-state index in [-0.39, 0.29) is 23.4 Å². The van der Waals surface area contributed by atoms with Crippen molar-refractivity contribution in [1.29, 1.82) is 0 Å². The van der Waals surface area contributed by atoms with Gasteiger partial charge in [0, 0.05) is 25.4 Å². The summed E-state index contributed by atoms with van der Waals surface area (Å²) in [5, 5.41) is 4.16. The van der Waals surface area contributed by atoms with E-state index in [0.717, 1.165) is 10.8 Å². The van der Waals surface area contributed by atoms with Crippen molar-refractivity contribution >= 4 is 28.8 Å². The number of anilines is 1. The van der Waals surface area contributed by atoms with Crippen LogP contribution < -0.4 is 21.0 Å². The van der Waals surface area contributed by atoms with Crippen molar-refractivity contribution in [2.75, 3.05) is 18.0 Å². The molecule has 1 atom stereocenters. The Morgan fingerprint density at radius 3 is 2.54 bits per heavy atom. The number of fused-ring (bicyclic) bond motifs is 1. The van der Waals surface area contributed by atoms with Crippen LogP contribution >= 0.6 is 0 Å². The van der Waals surface area contributed by atoms with Crippen LogP contribution in [0.2, 0.25) is 0 Å². The predicted octanol–water partition coefficient (Wildman–Crippen LogP) is 3.30. The van der Waals surface area contributed by atoms with E-state index in [2.05, 4.69) is 15.3 Å². The molecular formula is C23H21F5N6O3. The minimum absolute atomic E-state index is 0.0874. The number of nitrogens with one attached hydrogen (secondary N) is 2. The molecule has 3 aromatic rings. The number of urea groups is 1. The molecule has 37 heavy (non-hydrogen) atoms. The molecule has 4 heterocycles. The Balaban J connectivity index is 1.90. The minimum atomic E-state index is -4.78. The zero-order valence-electron chi connectivity index (χ0n) is 19.6. The zero-order valence-corrected chi connectivity index (χ0v) is 19.6. The summed E-state index contributed by atoms with van der Waals surface area (Å²) in [6.45, 7) is 3.66. The average molecular weight is 524 g/mol. The molecular weight excluding hydrogens is 503 g/mol. The molecule has 14 heteroatoms. The molecule has 196 valence electrons. The number of carbonyl (C=O) groups is 2. The van der Waals surface area contributed by atoms with Gasteiger partial charge in [-0.15, -0.1) is 0 Å². The summed E-state index contributed by atoms with van der Waals surface area (Å²) in [5.74, 6) is -4.43. The number of pyridine rings is 3. The smallest absolute Gasteiger partial charge is 0.340 e. The van der Waals surface area contributed by atoms with Crippen molar-refractivity contribution in [1.82, 2.24) is 25.2 Å². The highest BCUT2D eigenvalue weighted by Crippen LogP contribution is 2.26. The fraction of sp³-hybridized carbons (Fsp3) is 0.348. The summed E-state index contributed by atoms with van der Waals surface area (Å²) in [7, 11) is 0. The first-order valence-electron chi connectivity index (χ1n) is 11.2. The van der Waals surface area contributed by atoms with E-state index in [9.17, 15) is 36.3 Å². The maximum absolute atomic E-state index is 14.7. The molecule has 3 aromatic heterocycles. The van der Waals surface area contributed by atoms with Crippen LogP contribution in [0.4, 0.5) is 32.6 Å². The van der Waals surface area contributed by atoms with Gasteiger partial charge in [0.15, 0.2) is 17.3 Å². The van der Waals surface area contributed by atoms with Crippen molar-refractivity contribution in [3.63, 3.8) is 0 Å². The molecule has 9 nitrogen and oxygen atoms in total. The first-order valence-corrected chi connectivity index (χ1v) is 11.2. The number of nitrogens with zero attached hydrogens (tertiary/aromatic N) is 4. The Hall–Kier alpha value is -4.10. The summed E-state index contributed by atoms with van der Waals surface area (Å²) in [6.07, 6.45) is -3.74. The molecule has 4 rings (SSSR count). The normalized spacial score (nSPS) is 14.8. The first-order chi connectivity index (χ1) is 17.4. The monoisotopic (exact) mass is 524 g/mol. The van der Waals surface area contributed by atoms with E-state index in [1.807, 2.05) is 5.32 Å². The molecule has 3 amide bonds. The lowest BCUT2D eigenvalue weighted by molar-refractivity contribution is -0.156. The predicted molar refractivity (Wildman–Crippen MR) is 123 cm³/mol.